The first-order valence-electron chi connectivity index (χ1n) is 6.02. The normalized spacial score (nSPS) is 9.75. The summed E-state index contributed by atoms with van der Waals surface area (Å²) in [5, 5.41) is 11.7. The fourth-order valence-corrected chi connectivity index (χ4v) is 1.83. The second-order valence-electron chi connectivity index (χ2n) is 4.33. The number of hydrogen-bond acceptors (Lipinski definition) is 4. The van der Waals surface area contributed by atoms with Crippen molar-refractivity contribution in [2.45, 2.75) is 6.42 Å². The van der Waals surface area contributed by atoms with E-state index >= 15 is 0 Å². The van der Waals surface area contributed by atoms with Crippen molar-refractivity contribution in [1.29, 1.82) is 5.26 Å². The summed E-state index contributed by atoms with van der Waals surface area (Å²) in [6, 6.07) is 14.4. The number of carbonyl (C=O) groups excluding carboxylic acids is 1. The molecule has 0 aliphatic heterocycles. The van der Waals surface area contributed by atoms with Crippen LogP contribution in [0.15, 0.2) is 42.5 Å². The van der Waals surface area contributed by atoms with E-state index in [1.54, 1.807) is 12.1 Å². The summed E-state index contributed by atoms with van der Waals surface area (Å²) >= 11 is 0. The summed E-state index contributed by atoms with van der Waals surface area (Å²) in [5.41, 5.74) is 14.1. The Morgan fingerprint density at radius 3 is 2.50 bits per heavy atom. The standard InChI is InChI=1S/C15H14N4O/c16-8-7-10-1-4-12(5-2-10)19-14-6-3-11(17)9-13(14)15(18)20/h1-6,9,19H,7,17H2,(H2,18,20). The molecule has 5 N–H and O–H groups in total. The molecule has 0 radical (unpaired) electrons. The van der Waals surface area contributed by atoms with Crippen molar-refractivity contribution < 1.29 is 4.79 Å². The molecule has 0 saturated heterocycles. The summed E-state index contributed by atoms with van der Waals surface area (Å²) < 4.78 is 0. The SMILES string of the molecule is N#CCc1ccc(Nc2ccc(N)cc2C(N)=O)cc1. The third-order valence-corrected chi connectivity index (χ3v) is 2.83. The maximum atomic E-state index is 11.4. The van der Waals surface area contributed by atoms with Gasteiger partial charge < -0.3 is 16.8 Å². The monoisotopic (exact) mass is 266 g/mol. The minimum atomic E-state index is -0.541. The van der Waals surface area contributed by atoms with Gasteiger partial charge in [0.2, 0.25) is 0 Å². The van der Waals surface area contributed by atoms with Gasteiger partial charge in [-0.2, -0.15) is 5.26 Å². The number of hydrogen-bond donors (Lipinski definition) is 3. The van der Waals surface area contributed by atoms with E-state index < -0.39 is 5.91 Å². The Morgan fingerprint density at radius 2 is 1.90 bits per heavy atom. The van der Waals surface area contributed by atoms with E-state index in [4.69, 9.17) is 16.7 Å². The number of nitriles is 1. The van der Waals surface area contributed by atoms with Crippen LogP contribution in [-0.4, -0.2) is 5.91 Å². The number of primary amides is 1. The van der Waals surface area contributed by atoms with Gasteiger partial charge in [0.1, 0.15) is 0 Å². The first-order chi connectivity index (χ1) is 9.60. The van der Waals surface area contributed by atoms with Crippen LogP contribution in [0, 0.1) is 11.3 Å². The minimum absolute atomic E-state index is 0.339. The molecule has 0 heterocycles. The summed E-state index contributed by atoms with van der Waals surface area (Å²) in [6.07, 6.45) is 0.370. The molecule has 2 aromatic rings. The molecule has 0 atom stereocenters. The lowest BCUT2D eigenvalue weighted by Gasteiger charge is -2.11. The van der Waals surface area contributed by atoms with E-state index in [0.29, 0.717) is 23.4 Å². The van der Waals surface area contributed by atoms with Crippen molar-refractivity contribution in [2.75, 3.05) is 11.1 Å². The van der Waals surface area contributed by atoms with E-state index in [9.17, 15) is 4.79 Å². The number of rotatable bonds is 4. The van der Waals surface area contributed by atoms with Crippen LogP contribution < -0.4 is 16.8 Å². The van der Waals surface area contributed by atoms with Crippen LogP contribution in [0.3, 0.4) is 0 Å². The van der Waals surface area contributed by atoms with Crippen LogP contribution in [0.4, 0.5) is 17.1 Å². The second-order valence-corrected chi connectivity index (χ2v) is 4.33. The molecular weight excluding hydrogens is 252 g/mol. The molecule has 5 heteroatoms. The first kappa shape index (κ1) is 13.4. The number of nitrogens with one attached hydrogen (secondary N) is 1. The predicted molar refractivity (Wildman–Crippen MR) is 78.4 cm³/mol. The van der Waals surface area contributed by atoms with Gasteiger partial charge in [0.25, 0.3) is 5.91 Å². The number of carbonyl (C=O) groups is 1. The molecule has 20 heavy (non-hydrogen) atoms. The summed E-state index contributed by atoms with van der Waals surface area (Å²) in [7, 11) is 0. The van der Waals surface area contributed by atoms with Crippen LogP contribution in [0.1, 0.15) is 15.9 Å². The van der Waals surface area contributed by atoms with Gasteiger partial charge in [-0.25, -0.2) is 0 Å². The molecule has 2 aromatic carbocycles. The van der Waals surface area contributed by atoms with Gasteiger partial charge in [0.15, 0.2) is 0 Å². The third kappa shape index (κ3) is 3.06. The number of benzene rings is 2. The lowest BCUT2D eigenvalue weighted by Crippen LogP contribution is -2.13. The Bertz CT molecular complexity index is 671. The van der Waals surface area contributed by atoms with Gasteiger partial charge in [0.05, 0.1) is 23.7 Å². The first-order valence-corrected chi connectivity index (χ1v) is 6.02. The van der Waals surface area contributed by atoms with Gasteiger partial charge in [-0.3, -0.25) is 4.79 Å². The van der Waals surface area contributed by atoms with Crippen molar-refractivity contribution in [2.24, 2.45) is 5.73 Å². The third-order valence-electron chi connectivity index (χ3n) is 2.83. The Labute approximate surface area is 116 Å². The Balaban J connectivity index is 2.26. The molecule has 5 nitrogen and oxygen atoms in total. The van der Waals surface area contributed by atoms with Crippen molar-refractivity contribution in [1.82, 2.24) is 0 Å². The number of nitrogen functional groups attached to an aromatic ring is 1. The smallest absolute Gasteiger partial charge is 0.250 e. The lowest BCUT2D eigenvalue weighted by atomic mass is 10.1. The molecule has 0 spiro atoms. The topological polar surface area (TPSA) is 105 Å². The molecule has 0 saturated carbocycles. The van der Waals surface area contributed by atoms with Crippen LogP contribution in [0.5, 0.6) is 0 Å². The van der Waals surface area contributed by atoms with E-state index in [0.717, 1.165) is 11.3 Å². The molecule has 0 aromatic heterocycles. The fourth-order valence-electron chi connectivity index (χ4n) is 1.83. The molecule has 1 amide bonds. The summed E-state index contributed by atoms with van der Waals surface area (Å²) in [5.74, 6) is -0.541. The van der Waals surface area contributed by atoms with Gasteiger partial charge in [-0.05, 0) is 35.9 Å². The average Bonchev–Trinajstić information content (AvgIpc) is 2.43. The highest BCUT2D eigenvalue weighted by atomic mass is 16.1. The van der Waals surface area contributed by atoms with Crippen LogP contribution in [-0.2, 0) is 6.42 Å². The van der Waals surface area contributed by atoms with Crippen molar-refractivity contribution >= 4 is 23.0 Å². The van der Waals surface area contributed by atoms with Gasteiger partial charge in [0, 0.05) is 11.4 Å². The molecule has 2 rings (SSSR count). The Hall–Kier alpha value is -3.00. The van der Waals surface area contributed by atoms with E-state index in [1.807, 2.05) is 24.3 Å². The van der Waals surface area contributed by atoms with E-state index in [1.165, 1.54) is 6.07 Å². The van der Waals surface area contributed by atoms with Gasteiger partial charge >= 0.3 is 0 Å². The number of amides is 1. The van der Waals surface area contributed by atoms with Crippen LogP contribution in [0.2, 0.25) is 0 Å². The quantitative estimate of drug-likeness (QED) is 0.737. The molecule has 0 aliphatic carbocycles. The van der Waals surface area contributed by atoms with Crippen molar-refractivity contribution in [3.05, 3.63) is 53.6 Å². The van der Waals surface area contributed by atoms with Crippen molar-refractivity contribution in [3.8, 4) is 6.07 Å². The maximum Gasteiger partial charge on any atom is 0.250 e. The van der Waals surface area contributed by atoms with Crippen molar-refractivity contribution in [3.63, 3.8) is 0 Å². The van der Waals surface area contributed by atoms with Crippen LogP contribution >= 0.6 is 0 Å². The van der Waals surface area contributed by atoms with E-state index in [-0.39, 0.29) is 0 Å². The number of nitrogens with zero attached hydrogens (tertiary/aromatic N) is 1. The predicted octanol–water partition coefficient (Wildman–Crippen LogP) is 2.18. The molecule has 0 bridgehead atoms. The zero-order valence-corrected chi connectivity index (χ0v) is 10.8. The van der Waals surface area contributed by atoms with E-state index in [2.05, 4.69) is 11.4 Å². The van der Waals surface area contributed by atoms with Gasteiger partial charge in [-0.1, -0.05) is 12.1 Å². The highest BCUT2D eigenvalue weighted by Crippen LogP contribution is 2.23. The second kappa shape index (κ2) is 5.76. The highest BCUT2D eigenvalue weighted by Gasteiger charge is 2.08. The average molecular weight is 266 g/mol. The minimum Gasteiger partial charge on any atom is -0.399 e. The Morgan fingerprint density at radius 1 is 1.20 bits per heavy atom. The Kier molecular flexibility index (Phi) is 3.87. The molecule has 0 fully saturated rings. The molecule has 100 valence electrons. The lowest BCUT2D eigenvalue weighted by molar-refractivity contribution is 0.100. The highest BCUT2D eigenvalue weighted by molar-refractivity contribution is 6.00. The zero-order chi connectivity index (χ0) is 14.5. The molecular formula is C15H14N4O. The molecule has 0 aliphatic rings. The van der Waals surface area contributed by atoms with Gasteiger partial charge in [-0.15, -0.1) is 0 Å². The fraction of sp³-hybridized carbons (Fsp3) is 0.0667. The number of anilines is 3. The zero-order valence-electron chi connectivity index (χ0n) is 10.8. The summed E-state index contributed by atoms with van der Waals surface area (Å²) in [4.78, 5) is 11.4. The maximum absolute atomic E-state index is 11.4. The number of nitrogens with two attached hydrogens (primary N) is 2. The van der Waals surface area contributed by atoms with Crippen LogP contribution in [0.25, 0.3) is 0 Å². The summed E-state index contributed by atoms with van der Waals surface area (Å²) in [6.45, 7) is 0. The largest absolute Gasteiger partial charge is 0.399 e. The molecule has 0 unspecified atom stereocenters.